The Morgan fingerprint density at radius 2 is 2.16 bits per heavy atom. The number of amides is 1. The molecule has 0 aliphatic rings. The van der Waals surface area contributed by atoms with Crippen molar-refractivity contribution in [3.8, 4) is 12.3 Å². The molecule has 102 valence electrons. The number of rotatable bonds is 7. The van der Waals surface area contributed by atoms with Crippen LogP contribution >= 0.6 is 11.8 Å². The molecule has 0 saturated heterocycles. The summed E-state index contributed by atoms with van der Waals surface area (Å²) in [5.74, 6) is 3.80. The Morgan fingerprint density at radius 1 is 1.47 bits per heavy atom. The molecule has 0 bridgehead atoms. The summed E-state index contributed by atoms with van der Waals surface area (Å²) < 4.78 is 0. The van der Waals surface area contributed by atoms with Gasteiger partial charge in [-0.2, -0.15) is 0 Å². The fraction of sp³-hybridized carbons (Fsp3) is 0.400. The molecule has 0 saturated carbocycles. The normalized spacial score (nSPS) is 13.3. The maximum atomic E-state index is 11.7. The number of benzene rings is 1. The molecule has 1 amide bonds. The van der Waals surface area contributed by atoms with E-state index in [1.165, 1.54) is 0 Å². The number of hydrogen-bond acceptors (Lipinski definition) is 3. The number of hydrogen-bond donors (Lipinski definition) is 2. The summed E-state index contributed by atoms with van der Waals surface area (Å²) in [6.07, 6.45) is 5.18. The Bertz CT molecular complexity index is 437. The molecule has 0 aromatic heterocycles. The van der Waals surface area contributed by atoms with Crippen LogP contribution in [0.3, 0.4) is 0 Å². The van der Waals surface area contributed by atoms with Crippen molar-refractivity contribution in [2.45, 2.75) is 18.9 Å². The highest BCUT2D eigenvalue weighted by molar-refractivity contribution is 7.99. The van der Waals surface area contributed by atoms with Crippen LogP contribution in [0.5, 0.6) is 0 Å². The van der Waals surface area contributed by atoms with Crippen LogP contribution in [0.15, 0.2) is 30.3 Å². The minimum Gasteiger partial charge on any atom is -0.385 e. The first-order valence-corrected chi connectivity index (χ1v) is 7.27. The van der Waals surface area contributed by atoms with Crippen molar-refractivity contribution < 1.29 is 9.90 Å². The SMILES string of the molecule is C#CCSCCNC(=O)CC(C)(O)c1ccccc1. The van der Waals surface area contributed by atoms with Gasteiger partial charge in [0.25, 0.3) is 0 Å². The highest BCUT2D eigenvalue weighted by Crippen LogP contribution is 2.23. The Hall–Kier alpha value is -1.44. The predicted octanol–water partition coefficient (Wildman–Crippen LogP) is 1.77. The Labute approximate surface area is 118 Å². The second-order valence-corrected chi connectivity index (χ2v) is 5.53. The molecule has 19 heavy (non-hydrogen) atoms. The lowest BCUT2D eigenvalue weighted by molar-refractivity contribution is -0.125. The molecule has 3 nitrogen and oxygen atoms in total. The highest BCUT2D eigenvalue weighted by Gasteiger charge is 2.26. The van der Waals surface area contributed by atoms with E-state index in [-0.39, 0.29) is 12.3 Å². The van der Waals surface area contributed by atoms with E-state index in [2.05, 4.69) is 11.2 Å². The summed E-state index contributed by atoms with van der Waals surface area (Å²) >= 11 is 1.60. The number of carbonyl (C=O) groups is 1. The molecule has 4 heteroatoms. The van der Waals surface area contributed by atoms with Gasteiger partial charge in [0.05, 0.1) is 17.8 Å². The van der Waals surface area contributed by atoms with Gasteiger partial charge in [0, 0.05) is 12.3 Å². The maximum Gasteiger partial charge on any atom is 0.223 e. The van der Waals surface area contributed by atoms with E-state index in [4.69, 9.17) is 6.42 Å². The van der Waals surface area contributed by atoms with Gasteiger partial charge in [-0.25, -0.2) is 0 Å². The fourth-order valence-electron chi connectivity index (χ4n) is 1.67. The van der Waals surface area contributed by atoms with Gasteiger partial charge < -0.3 is 10.4 Å². The van der Waals surface area contributed by atoms with Gasteiger partial charge in [-0.3, -0.25) is 4.79 Å². The molecule has 0 aliphatic carbocycles. The second-order valence-electron chi connectivity index (χ2n) is 4.42. The third-order valence-electron chi connectivity index (χ3n) is 2.65. The smallest absolute Gasteiger partial charge is 0.223 e. The third-order valence-corrected chi connectivity index (χ3v) is 3.52. The molecule has 1 rings (SSSR count). The first-order chi connectivity index (χ1) is 9.06. The standard InChI is InChI=1S/C15H19NO2S/c1-3-10-19-11-9-16-14(17)12-15(2,18)13-7-5-4-6-8-13/h1,4-8,18H,9-12H2,2H3,(H,16,17). The summed E-state index contributed by atoms with van der Waals surface area (Å²) in [4.78, 5) is 11.7. The molecule has 1 unspecified atom stereocenters. The first-order valence-electron chi connectivity index (χ1n) is 6.12. The Kier molecular flexibility index (Phi) is 6.48. The third kappa shape index (κ3) is 5.82. The van der Waals surface area contributed by atoms with Crippen molar-refractivity contribution in [3.05, 3.63) is 35.9 Å². The lowest BCUT2D eigenvalue weighted by Crippen LogP contribution is -2.33. The monoisotopic (exact) mass is 277 g/mol. The molecular formula is C15H19NO2S. The average Bonchev–Trinajstić information content (AvgIpc) is 2.39. The summed E-state index contributed by atoms with van der Waals surface area (Å²) in [6, 6.07) is 9.20. The number of aliphatic hydroxyl groups is 1. The molecular weight excluding hydrogens is 258 g/mol. The van der Waals surface area contributed by atoms with Crippen molar-refractivity contribution >= 4 is 17.7 Å². The molecule has 0 fully saturated rings. The quantitative estimate of drug-likeness (QED) is 0.590. The molecule has 1 aromatic rings. The number of nitrogens with one attached hydrogen (secondary N) is 1. The van der Waals surface area contributed by atoms with Crippen molar-refractivity contribution in [2.75, 3.05) is 18.1 Å². The maximum absolute atomic E-state index is 11.7. The van der Waals surface area contributed by atoms with E-state index in [9.17, 15) is 9.90 Å². The molecule has 1 atom stereocenters. The molecule has 0 radical (unpaired) electrons. The van der Waals surface area contributed by atoms with E-state index >= 15 is 0 Å². The van der Waals surface area contributed by atoms with Gasteiger partial charge in [-0.05, 0) is 12.5 Å². The van der Waals surface area contributed by atoms with Crippen LogP contribution in [-0.2, 0) is 10.4 Å². The highest BCUT2D eigenvalue weighted by atomic mass is 32.2. The number of terminal acetylenes is 1. The van der Waals surface area contributed by atoms with Gasteiger partial charge >= 0.3 is 0 Å². The van der Waals surface area contributed by atoms with Crippen LogP contribution < -0.4 is 5.32 Å². The largest absolute Gasteiger partial charge is 0.385 e. The summed E-state index contributed by atoms with van der Waals surface area (Å²) in [7, 11) is 0. The summed E-state index contributed by atoms with van der Waals surface area (Å²) in [5.41, 5.74) is -0.399. The van der Waals surface area contributed by atoms with E-state index in [1.807, 2.05) is 30.3 Å². The second kappa shape index (κ2) is 7.88. The van der Waals surface area contributed by atoms with Crippen molar-refractivity contribution in [3.63, 3.8) is 0 Å². The van der Waals surface area contributed by atoms with Crippen molar-refractivity contribution in [2.24, 2.45) is 0 Å². The van der Waals surface area contributed by atoms with Crippen LogP contribution in [0, 0.1) is 12.3 Å². The van der Waals surface area contributed by atoms with Gasteiger partial charge in [-0.15, -0.1) is 18.2 Å². The Balaban J connectivity index is 2.37. The van der Waals surface area contributed by atoms with E-state index < -0.39 is 5.60 Å². The van der Waals surface area contributed by atoms with Crippen LogP contribution in [0.4, 0.5) is 0 Å². The number of carbonyl (C=O) groups excluding carboxylic acids is 1. The topological polar surface area (TPSA) is 49.3 Å². The van der Waals surface area contributed by atoms with Gasteiger partial charge in [0.2, 0.25) is 5.91 Å². The zero-order valence-electron chi connectivity index (χ0n) is 11.1. The first kappa shape index (κ1) is 15.6. The minimum absolute atomic E-state index is 0.0524. The Morgan fingerprint density at radius 3 is 2.79 bits per heavy atom. The van der Waals surface area contributed by atoms with Crippen LogP contribution in [-0.4, -0.2) is 29.1 Å². The van der Waals surface area contributed by atoms with Crippen LogP contribution in [0.25, 0.3) is 0 Å². The fourth-order valence-corrected chi connectivity index (χ4v) is 2.18. The van der Waals surface area contributed by atoms with E-state index in [0.717, 1.165) is 11.3 Å². The molecule has 0 spiro atoms. The molecule has 0 aliphatic heterocycles. The molecule has 0 heterocycles. The van der Waals surface area contributed by atoms with E-state index in [1.54, 1.807) is 18.7 Å². The van der Waals surface area contributed by atoms with Crippen molar-refractivity contribution in [1.82, 2.24) is 5.32 Å². The molecule has 2 N–H and O–H groups in total. The van der Waals surface area contributed by atoms with Gasteiger partial charge in [0.1, 0.15) is 0 Å². The minimum atomic E-state index is -1.14. The van der Waals surface area contributed by atoms with Gasteiger partial charge in [0.15, 0.2) is 0 Å². The van der Waals surface area contributed by atoms with Crippen molar-refractivity contribution in [1.29, 1.82) is 0 Å². The zero-order valence-corrected chi connectivity index (χ0v) is 11.9. The van der Waals surface area contributed by atoms with Gasteiger partial charge in [-0.1, -0.05) is 36.3 Å². The van der Waals surface area contributed by atoms with E-state index in [0.29, 0.717) is 12.3 Å². The molecule has 1 aromatic carbocycles. The lowest BCUT2D eigenvalue weighted by Gasteiger charge is -2.23. The van der Waals surface area contributed by atoms with Crippen LogP contribution in [0.1, 0.15) is 18.9 Å². The summed E-state index contributed by atoms with van der Waals surface area (Å²) in [6.45, 7) is 2.21. The average molecular weight is 277 g/mol. The lowest BCUT2D eigenvalue weighted by atomic mass is 9.92. The number of thioether (sulfide) groups is 1. The van der Waals surface area contributed by atoms with Crippen LogP contribution in [0.2, 0.25) is 0 Å². The summed E-state index contributed by atoms with van der Waals surface area (Å²) in [5, 5.41) is 13.1. The zero-order chi connectivity index (χ0) is 14.1. The predicted molar refractivity (Wildman–Crippen MR) is 79.8 cm³/mol.